The monoisotopic (exact) mass is 368 g/mol. The second kappa shape index (κ2) is 6.32. The summed E-state index contributed by atoms with van der Waals surface area (Å²) in [5.41, 5.74) is -0.849. The van der Waals surface area contributed by atoms with Crippen molar-refractivity contribution in [2.75, 3.05) is 0 Å². The molecule has 3 heterocycles. The minimum Gasteiger partial charge on any atom is -0.461 e. The van der Waals surface area contributed by atoms with E-state index in [2.05, 4.69) is 6.58 Å². The summed E-state index contributed by atoms with van der Waals surface area (Å²) in [5.74, 6) is -3.69. The van der Waals surface area contributed by atoms with Crippen molar-refractivity contribution in [3.05, 3.63) is 12.2 Å². The summed E-state index contributed by atoms with van der Waals surface area (Å²) in [6, 6.07) is 0. The lowest BCUT2D eigenvalue weighted by atomic mass is 9.78. The molecule has 0 aliphatic carbocycles. The molecule has 2 bridgehead atoms. The molecule has 7 atom stereocenters. The van der Waals surface area contributed by atoms with Crippen LogP contribution in [0.3, 0.4) is 0 Å². The van der Waals surface area contributed by atoms with E-state index in [9.17, 15) is 19.8 Å². The summed E-state index contributed by atoms with van der Waals surface area (Å²) in [7, 11) is 0. The van der Waals surface area contributed by atoms with Gasteiger partial charge in [-0.15, -0.1) is 0 Å². The van der Waals surface area contributed by atoms with E-state index in [1.165, 1.54) is 0 Å². The lowest BCUT2D eigenvalue weighted by molar-refractivity contribution is -0.253. The first-order valence-corrected chi connectivity index (χ1v) is 9.18. The third kappa shape index (κ3) is 3.06. The van der Waals surface area contributed by atoms with E-state index in [0.29, 0.717) is 6.42 Å². The lowest BCUT2D eigenvalue weighted by Gasteiger charge is -2.34. The Hall–Kier alpha value is -1.44. The first kappa shape index (κ1) is 19.3. The van der Waals surface area contributed by atoms with Gasteiger partial charge in [0.2, 0.25) is 0 Å². The molecule has 0 aromatic heterocycles. The molecule has 3 rings (SSSR count). The normalized spacial score (nSPS) is 45.6. The fourth-order valence-corrected chi connectivity index (χ4v) is 4.25. The minimum absolute atomic E-state index is 0.0573. The third-order valence-electron chi connectivity index (χ3n) is 6.03. The lowest BCUT2D eigenvalue weighted by Crippen LogP contribution is -2.44. The molecule has 3 fully saturated rings. The largest absolute Gasteiger partial charge is 0.461 e. The van der Waals surface area contributed by atoms with Gasteiger partial charge in [0, 0.05) is 24.3 Å². The van der Waals surface area contributed by atoms with Gasteiger partial charge in [-0.25, -0.2) is 4.79 Å². The number of hydrogen-bond acceptors (Lipinski definition) is 7. The molecular formula is C19H28O7. The van der Waals surface area contributed by atoms with Crippen LogP contribution in [0.5, 0.6) is 0 Å². The molecule has 0 amide bonds. The molecule has 0 spiro atoms. The van der Waals surface area contributed by atoms with Crippen LogP contribution in [0.2, 0.25) is 0 Å². The van der Waals surface area contributed by atoms with Crippen LogP contribution >= 0.6 is 0 Å². The predicted molar refractivity (Wildman–Crippen MR) is 90.7 cm³/mol. The highest BCUT2D eigenvalue weighted by molar-refractivity contribution is 5.91. The van der Waals surface area contributed by atoms with E-state index in [0.717, 1.165) is 0 Å². The quantitative estimate of drug-likeness (QED) is 0.560. The smallest absolute Gasteiger partial charge is 0.334 e. The zero-order valence-electron chi connectivity index (χ0n) is 15.7. The molecule has 0 saturated carbocycles. The van der Waals surface area contributed by atoms with Gasteiger partial charge >= 0.3 is 11.9 Å². The van der Waals surface area contributed by atoms with Crippen LogP contribution in [-0.2, 0) is 23.8 Å². The topological polar surface area (TPSA) is 102 Å². The highest BCUT2D eigenvalue weighted by Gasteiger charge is 2.60. The average Bonchev–Trinajstić information content (AvgIpc) is 2.93. The van der Waals surface area contributed by atoms with Crippen molar-refractivity contribution in [3.8, 4) is 0 Å². The standard InChI is InChI=1S/C19H28O7/c1-9(2)16(21)25-13-7-18(5)14(20)8-19(23,26-18)10(3)6-12-15(13)11(4)17(22)24-12/h9-10,12-15,20,23H,4,6-8H2,1-3,5H3/t10?,12-,13?,14?,15+,18-,19-/m1/s1. The summed E-state index contributed by atoms with van der Waals surface area (Å²) in [6.45, 7) is 10.8. The van der Waals surface area contributed by atoms with Crippen molar-refractivity contribution < 1.29 is 34.0 Å². The van der Waals surface area contributed by atoms with Gasteiger partial charge in [0.1, 0.15) is 12.2 Å². The Kier molecular flexibility index (Phi) is 4.70. The number of carbonyl (C=O) groups excluding carboxylic acids is 2. The molecule has 3 aliphatic rings. The molecule has 7 nitrogen and oxygen atoms in total. The van der Waals surface area contributed by atoms with E-state index in [1.54, 1.807) is 27.7 Å². The van der Waals surface area contributed by atoms with Gasteiger partial charge in [-0.1, -0.05) is 27.4 Å². The highest BCUT2D eigenvalue weighted by atomic mass is 16.7. The van der Waals surface area contributed by atoms with Gasteiger partial charge in [-0.3, -0.25) is 4.79 Å². The maximum Gasteiger partial charge on any atom is 0.334 e. The molecular weight excluding hydrogens is 340 g/mol. The van der Waals surface area contributed by atoms with Crippen molar-refractivity contribution in [2.45, 2.75) is 76.7 Å². The zero-order chi connectivity index (χ0) is 19.4. The fourth-order valence-electron chi connectivity index (χ4n) is 4.25. The maximum atomic E-state index is 12.3. The van der Waals surface area contributed by atoms with Crippen LogP contribution in [0.25, 0.3) is 0 Å². The highest BCUT2D eigenvalue weighted by Crippen LogP contribution is 2.49. The molecule has 3 aliphatic heterocycles. The number of aliphatic hydroxyl groups is 2. The first-order chi connectivity index (χ1) is 12.0. The molecule has 3 unspecified atom stereocenters. The Morgan fingerprint density at radius 3 is 2.65 bits per heavy atom. The Labute approximate surface area is 153 Å². The summed E-state index contributed by atoms with van der Waals surface area (Å²) in [6.07, 6.45) is -1.69. The number of rotatable bonds is 2. The summed E-state index contributed by atoms with van der Waals surface area (Å²) < 4.78 is 17.1. The van der Waals surface area contributed by atoms with Crippen LogP contribution in [0, 0.1) is 17.8 Å². The van der Waals surface area contributed by atoms with E-state index in [4.69, 9.17) is 14.2 Å². The van der Waals surface area contributed by atoms with Crippen molar-refractivity contribution in [2.24, 2.45) is 17.8 Å². The van der Waals surface area contributed by atoms with Crippen molar-refractivity contribution in [1.29, 1.82) is 0 Å². The molecule has 0 radical (unpaired) electrons. The number of hydrogen-bond donors (Lipinski definition) is 2. The Balaban J connectivity index is 2.01. The molecule has 26 heavy (non-hydrogen) atoms. The maximum absolute atomic E-state index is 12.3. The Morgan fingerprint density at radius 1 is 1.38 bits per heavy atom. The van der Waals surface area contributed by atoms with E-state index in [1.807, 2.05) is 0 Å². The average molecular weight is 368 g/mol. The fraction of sp³-hybridized carbons (Fsp3) is 0.789. The number of carbonyl (C=O) groups is 2. The number of fused-ring (bicyclic) bond motifs is 3. The molecule has 0 aromatic rings. The summed E-state index contributed by atoms with van der Waals surface area (Å²) in [4.78, 5) is 24.4. The Bertz CT molecular complexity index is 629. The van der Waals surface area contributed by atoms with Crippen LogP contribution < -0.4 is 0 Å². The van der Waals surface area contributed by atoms with E-state index < -0.39 is 47.6 Å². The SMILES string of the molecule is C=C1C(=O)O[C@@H]2CC(C)[C@@]3(O)CC(O)[C@@](C)(CC(OC(=O)C(C)C)[C@@H]12)O3. The summed E-state index contributed by atoms with van der Waals surface area (Å²) >= 11 is 0. The van der Waals surface area contributed by atoms with Crippen molar-refractivity contribution in [1.82, 2.24) is 0 Å². The zero-order valence-corrected chi connectivity index (χ0v) is 15.7. The number of esters is 2. The number of aliphatic hydroxyl groups excluding tert-OH is 1. The van der Waals surface area contributed by atoms with Gasteiger partial charge in [-0.2, -0.15) is 0 Å². The van der Waals surface area contributed by atoms with Gasteiger partial charge in [-0.05, 0) is 13.3 Å². The van der Waals surface area contributed by atoms with E-state index in [-0.39, 0.29) is 30.3 Å². The van der Waals surface area contributed by atoms with Crippen LogP contribution in [0.15, 0.2) is 12.2 Å². The van der Waals surface area contributed by atoms with Crippen LogP contribution in [-0.4, -0.2) is 51.9 Å². The van der Waals surface area contributed by atoms with Crippen molar-refractivity contribution >= 4 is 11.9 Å². The molecule has 3 saturated heterocycles. The molecule has 0 aromatic carbocycles. The molecule has 7 heteroatoms. The number of ether oxygens (including phenoxy) is 3. The van der Waals surface area contributed by atoms with E-state index >= 15 is 0 Å². The second-order valence-corrected chi connectivity index (χ2v) is 8.45. The molecule has 146 valence electrons. The van der Waals surface area contributed by atoms with Gasteiger partial charge in [0.15, 0.2) is 5.79 Å². The van der Waals surface area contributed by atoms with Gasteiger partial charge in [0.25, 0.3) is 0 Å². The van der Waals surface area contributed by atoms with Gasteiger partial charge in [0.05, 0.1) is 23.5 Å². The van der Waals surface area contributed by atoms with Crippen molar-refractivity contribution in [3.63, 3.8) is 0 Å². The Morgan fingerprint density at radius 2 is 2.04 bits per heavy atom. The third-order valence-corrected chi connectivity index (χ3v) is 6.03. The van der Waals surface area contributed by atoms with Crippen LogP contribution in [0.4, 0.5) is 0 Å². The van der Waals surface area contributed by atoms with Crippen LogP contribution in [0.1, 0.15) is 47.0 Å². The second-order valence-electron chi connectivity index (χ2n) is 8.45. The first-order valence-electron chi connectivity index (χ1n) is 9.18. The van der Waals surface area contributed by atoms with Gasteiger partial charge < -0.3 is 24.4 Å². The predicted octanol–water partition coefficient (Wildman–Crippen LogP) is 1.31. The summed E-state index contributed by atoms with van der Waals surface area (Å²) in [5, 5.41) is 21.5. The minimum atomic E-state index is -1.52. The molecule has 2 N–H and O–H groups in total.